The standard InChI is InChI=1S/C16H16ClNO/c1-11-8-9-14(12(2)10-11)18-16(19)15(17)13-6-4-3-5-7-13/h3-10,15H,1-2H3,(H,18,19)/t15-/m1/s1. The van der Waals surface area contributed by atoms with Crippen LogP contribution in [0.25, 0.3) is 0 Å². The molecule has 0 unspecified atom stereocenters. The van der Waals surface area contributed by atoms with Crippen molar-refractivity contribution < 1.29 is 4.79 Å². The van der Waals surface area contributed by atoms with E-state index >= 15 is 0 Å². The molecule has 0 aliphatic heterocycles. The van der Waals surface area contributed by atoms with Crippen molar-refractivity contribution in [3.05, 3.63) is 65.2 Å². The molecule has 0 saturated heterocycles. The average Bonchev–Trinajstić information content (AvgIpc) is 2.42. The lowest BCUT2D eigenvalue weighted by Gasteiger charge is -2.13. The van der Waals surface area contributed by atoms with Crippen LogP contribution >= 0.6 is 11.6 Å². The van der Waals surface area contributed by atoms with Gasteiger partial charge >= 0.3 is 0 Å². The summed E-state index contributed by atoms with van der Waals surface area (Å²) in [5.41, 5.74) is 3.80. The summed E-state index contributed by atoms with van der Waals surface area (Å²) in [6.45, 7) is 3.99. The van der Waals surface area contributed by atoms with E-state index in [0.717, 1.165) is 16.8 Å². The van der Waals surface area contributed by atoms with Gasteiger partial charge in [-0.2, -0.15) is 0 Å². The molecule has 0 radical (unpaired) electrons. The molecule has 0 aliphatic carbocycles. The molecular formula is C16H16ClNO. The lowest BCUT2D eigenvalue weighted by molar-refractivity contribution is -0.116. The smallest absolute Gasteiger partial charge is 0.246 e. The van der Waals surface area contributed by atoms with E-state index < -0.39 is 5.38 Å². The fourth-order valence-electron chi connectivity index (χ4n) is 1.92. The minimum Gasteiger partial charge on any atom is -0.324 e. The molecular weight excluding hydrogens is 258 g/mol. The zero-order valence-corrected chi connectivity index (χ0v) is 11.7. The summed E-state index contributed by atoms with van der Waals surface area (Å²) in [7, 11) is 0. The highest BCUT2D eigenvalue weighted by Crippen LogP contribution is 2.23. The number of amides is 1. The van der Waals surface area contributed by atoms with Crippen LogP contribution < -0.4 is 5.32 Å². The van der Waals surface area contributed by atoms with Crippen molar-refractivity contribution in [2.45, 2.75) is 19.2 Å². The van der Waals surface area contributed by atoms with Crippen LogP contribution in [0.5, 0.6) is 0 Å². The van der Waals surface area contributed by atoms with Crippen molar-refractivity contribution in [3.8, 4) is 0 Å². The van der Waals surface area contributed by atoms with Gasteiger partial charge in [0.1, 0.15) is 5.38 Å². The maximum absolute atomic E-state index is 12.1. The lowest BCUT2D eigenvalue weighted by Crippen LogP contribution is -2.17. The highest BCUT2D eigenvalue weighted by molar-refractivity contribution is 6.32. The Bertz CT molecular complexity index is 581. The number of aryl methyl sites for hydroxylation is 2. The van der Waals surface area contributed by atoms with Crippen molar-refractivity contribution in [2.24, 2.45) is 0 Å². The number of hydrogen-bond acceptors (Lipinski definition) is 1. The number of carbonyl (C=O) groups excluding carboxylic acids is 1. The first-order valence-corrected chi connectivity index (χ1v) is 6.58. The van der Waals surface area contributed by atoms with Crippen LogP contribution in [0.1, 0.15) is 22.1 Å². The molecule has 0 aliphatic rings. The summed E-state index contributed by atoms with van der Waals surface area (Å²) in [5.74, 6) is -0.209. The Morgan fingerprint density at radius 2 is 1.79 bits per heavy atom. The molecule has 0 saturated carbocycles. The number of anilines is 1. The molecule has 0 aromatic heterocycles. The van der Waals surface area contributed by atoms with E-state index in [9.17, 15) is 4.79 Å². The third-order valence-electron chi connectivity index (χ3n) is 2.96. The first-order chi connectivity index (χ1) is 9.08. The molecule has 2 aromatic rings. The number of carbonyl (C=O) groups is 1. The summed E-state index contributed by atoms with van der Waals surface area (Å²) in [6.07, 6.45) is 0. The summed E-state index contributed by atoms with van der Waals surface area (Å²) in [4.78, 5) is 12.1. The Hall–Kier alpha value is -1.80. The topological polar surface area (TPSA) is 29.1 Å². The van der Waals surface area contributed by atoms with Crippen molar-refractivity contribution in [1.29, 1.82) is 0 Å². The minimum atomic E-state index is -0.679. The maximum Gasteiger partial charge on any atom is 0.246 e. The number of hydrogen-bond donors (Lipinski definition) is 1. The third-order valence-corrected chi connectivity index (χ3v) is 3.41. The van der Waals surface area contributed by atoms with Crippen molar-refractivity contribution in [3.63, 3.8) is 0 Å². The predicted molar refractivity (Wildman–Crippen MR) is 79.6 cm³/mol. The zero-order chi connectivity index (χ0) is 13.8. The quantitative estimate of drug-likeness (QED) is 0.834. The predicted octanol–water partition coefficient (Wildman–Crippen LogP) is 4.22. The second-order valence-electron chi connectivity index (χ2n) is 4.58. The van der Waals surface area contributed by atoms with Gasteiger partial charge in [-0.15, -0.1) is 11.6 Å². The number of rotatable bonds is 3. The minimum absolute atomic E-state index is 0.209. The van der Waals surface area contributed by atoms with Crippen LogP contribution in [0.4, 0.5) is 5.69 Å². The van der Waals surface area contributed by atoms with E-state index in [-0.39, 0.29) is 5.91 Å². The van der Waals surface area contributed by atoms with Crippen LogP contribution in [0.15, 0.2) is 48.5 Å². The van der Waals surface area contributed by atoms with E-state index in [4.69, 9.17) is 11.6 Å². The third kappa shape index (κ3) is 3.36. The maximum atomic E-state index is 12.1. The van der Waals surface area contributed by atoms with Gasteiger partial charge in [0.05, 0.1) is 0 Å². The fraction of sp³-hybridized carbons (Fsp3) is 0.188. The van der Waals surface area contributed by atoms with Crippen molar-refractivity contribution in [2.75, 3.05) is 5.32 Å². The van der Waals surface area contributed by atoms with Gasteiger partial charge in [0, 0.05) is 5.69 Å². The number of alkyl halides is 1. The van der Waals surface area contributed by atoms with Crippen molar-refractivity contribution in [1.82, 2.24) is 0 Å². The van der Waals surface area contributed by atoms with Crippen LogP contribution in [0.3, 0.4) is 0 Å². The first kappa shape index (κ1) is 13.6. The van der Waals surface area contributed by atoms with Crippen LogP contribution in [-0.2, 0) is 4.79 Å². The molecule has 2 aromatic carbocycles. The lowest BCUT2D eigenvalue weighted by atomic mass is 10.1. The highest BCUT2D eigenvalue weighted by atomic mass is 35.5. The van der Waals surface area contributed by atoms with Crippen LogP contribution in [0, 0.1) is 13.8 Å². The number of halogens is 1. The molecule has 1 N–H and O–H groups in total. The molecule has 0 bridgehead atoms. The van der Waals surface area contributed by atoms with Crippen LogP contribution in [-0.4, -0.2) is 5.91 Å². The monoisotopic (exact) mass is 273 g/mol. The second-order valence-corrected chi connectivity index (χ2v) is 5.02. The highest BCUT2D eigenvalue weighted by Gasteiger charge is 2.17. The van der Waals surface area contributed by atoms with Crippen LogP contribution in [0.2, 0.25) is 0 Å². The van der Waals surface area contributed by atoms with Gasteiger partial charge in [0.25, 0.3) is 0 Å². The summed E-state index contributed by atoms with van der Waals surface area (Å²) >= 11 is 6.18. The molecule has 1 amide bonds. The Balaban J connectivity index is 2.13. The largest absolute Gasteiger partial charge is 0.324 e. The second kappa shape index (κ2) is 5.89. The first-order valence-electron chi connectivity index (χ1n) is 6.15. The number of benzene rings is 2. The summed E-state index contributed by atoms with van der Waals surface area (Å²) in [5, 5.41) is 2.19. The van der Waals surface area contributed by atoms with E-state index in [1.54, 1.807) is 0 Å². The average molecular weight is 274 g/mol. The molecule has 2 rings (SSSR count). The molecule has 0 heterocycles. The molecule has 3 heteroatoms. The molecule has 0 fully saturated rings. The summed E-state index contributed by atoms with van der Waals surface area (Å²) < 4.78 is 0. The summed E-state index contributed by atoms with van der Waals surface area (Å²) in [6, 6.07) is 15.2. The Morgan fingerprint density at radius 1 is 1.11 bits per heavy atom. The normalized spacial score (nSPS) is 11.9. The van der Waals surface area contributed by atoms with E-state index in [0.29, 0.717) is 0 Å². The van der Waals surface area contributed by atoms with Crippen molar-refractivity contribution >= 4 is 23.2 Å². The van der Waals surface area contributed by atoms with E-state index in [2.05, 4.69) is 5.32 Å². The van der Waals surface area contributed by atoms with E-state index in [1.807, 2.05) is 62.4 Å². The zero-order valence-electron chi connectivity index (χ0n) is 11.0. The molecule has 1 atom stereocenters. The number of nitrogens with one attached hydrogen (secondary N) is 1. The molecule has 19 heavy (non-hydrogen) atoms. The van der Waals surface area contributed by atoms with Gasteiger partial charge in [-0.1, -0.05) is 48.0 Å². The van der Waals surface area contributed by atoms with Gasteiger partial charge in [-0.05, 0) is 31.0 Å². The van der Waals surface area contributed by atoms with Gasteiger partial charge < -0.3 is 5.32 Å². The molecule has 98 valence electrons. The molecule has 0 spiro atoms. The van der Waals surface area contributed by atoms with Gasteiger partial charge in [0.15, 0.2) is 0 Å². The van der Waals surface area contributed by atoms with E-state index in [1.165, 1.54) is 5.56 Å². The van der Waals surface area contributed by atoms with Gasteiger partial charge in [-0.25, -0.2) is 0 Å². The molecule has 2 nitrogen and oxygen atoms in total. The SMILES string of the molecule is Cc1ccc(NC(=O)[C@H](Cl)c2ccccc2)c(C)c1. The van der Waals surface area contributed by atoms with Gasteiger partial charge in [0.2, 0.25) is 5.91 Å². The van der Waals surface area contributed by atoms with Gasteiger partial charge in [-0.3, -0.25) is 4.79 Å². The Kier molecular flexibility index (Phi) is 4.23. The Labute approximate surface area is 118 Å². The fourth-order valence-corrected chi connectivity index (χ4v) is 2.12. The Morgan fingerprint density at radius 3 is 2.42 bits per heavy atom.